The normalized spacial score (nSPS) is 17.3. The number of nitrogens with one attached hydrogen (secondary N) is 1. The first-order valence-electron chi connectivity index (χ1n) is 51.7. The van der Waals surface area contributed by atoms with Crippen LogP contribution in [0.5, 0.6) is 0 Å². The second kappa shape index (κ2) is 66.1. The first kappa shape index (κ1) is 118. The molecule has 29 nitrogen and oxygen atoms in total. The fourth-order valence-electron chi connectivity index (χ4n) is 17.5. The summed E-state index contributed by atoms with van der Waals surface area (Å²) in [5, 5.41) is 5.20. The summed E-state index contributed by atoms with van der Waals surface area (Å²) >= 11 is 5.07. The number of Topliss-reactive ketones (excluding diaryl/α,β-unsaturated/α-hetero) is 1. The van der Waals surface area contributed by atoms with E-state index in [4.69, 9.17) is 49.8 Å². The van der Waals surface area contributed by atoms with Gasteiger partial charge in [0.05, 0.1) is 72.2 Å². The number of cyclic esters (lactones) is 5. The van der Waals surface area contributed by atoms with Gasteiger partial charge in [0.25, 0.3) is 0 Å². The van der Waals surface area contributed by atoms with Crippen molar-refractivity contribution in [2.75, 3.05) is 33.0 Å². The van der Waals surface area contributed by atoms with Crippen molar-refractivity contribution in [1.82, 2.24) is 35.0 Å². The van der Waals surface area contributed by atoms with Gasteiger partial charge in [-0.05, 0) is 154 Å². The van der Waals surface area contributed by atoms with E-state index in [0.29, 0.717) is 103 Å². The highest BCUT2D eigenvalue weighted by Gasteiger charge is 2.47. The maximum Gasteiger partial charge on any atom is 0.417 e. The van der Waals surface area contributed by atoms with Crippen LogP contribution in [0.3, 0.4) is 0 Å². The molecule has 5 saturated heterocycles. The number of benzene rings is 8. The zero-order valence-electron chi connectivity index (χ0n) is 86.4. The number of ether oxygens (including phenoxy) is 5. The Balaban J connectivity index is 0.000000220. The van der Waals surface area contributed by atoms with Crippen LogP contribution in [0.25, 0.3) is 0 Å². The molecule has 5 aliphatic heterocycles. The van der Waals surface area contributed by atoms with Crippen LogP contribution >= 0.6 is 11.6 Å². The van der Waals surface area contributed by atoms with Gasteiger partial charge in [0.2, 0.25) is 41.2 Å². The van der Waals surface area contributed by atoms with Gasteiger partial charge in [0, 0.05) is 18.9 Å². The number of rotatable bonds is 50. The first-order valence-corrected chi connectivity index (χ1v) is 52.0. The van der Waals surface area contributed by atoms with Crippen LogP contribution in [0, 0.1) is 23.7 Å². The molecule has 0 radical (unpaired) electrons. The molecular weight excluding hydrogens is 1880 g/mol. The van der Waals surface area contributed by atoms with E-state index in [1.54, 1.807) is 13.8 Å². The molecule has 11 amide bonds. The fourth-order valence-corrected chi connectivity index (χ4v) is 17.6. The maximum absolute atomic E-state index is 13.6. The predicted octanol–water partition coefficient (Wildman–Crippen LogP) is 22.3. The van der Waals surface area contributed by atoms with E-state index in [2.05, 4.69) is 38.3 Å². The van der Waals surface area contributed by atoms with Crippen LogP contribution in [-0.4, -0.2) is 188 Å². The Morgan fingerprint density at radius 3 is 1.00 bits per heavy atom. The molecule has 5 aliphatic rings. The van der Waals surface area contributed by atoms with Crippen LogP contribution in [0.4, 0.5) is 24.0 Å². The molecule has 0 aromatic heterocycles. The number of hydrogen-bond acceptors (Lipinski definition) is 23. The molecule has 5 fully saturated rings. The Hall–Kier alpha value is -13.1. The van der Waals surface area contributed by atoms with Gasteiger partial charge in [0.1, 0.15) is 52.0 Å². The van der Waals surface area contributed by atoms with Gasteiger partial charge in [-0.2, -0.15) is 5.48 Å². The predicted molar refractivity (Wildman–Crippen MR) is 559 cm³/mol. The number of hydrogen-bond donors (Lipinski definition) is 1. The van der Waals surface area contributed by atoms with Crippen LogP contribution in [0.15, 0.2) is 248 Å². The van der Waals surface area contributed by atoms with E-state index in [1.807, 2.05) is 263 Å². The van der Waals surface area contributed by atoms with Crippen molar-refractivity contribution in [3.8, 4) is 0 Å². The van der Waals surface area contributed by atoms with E-state index in [1.165, 1.54) is 31.6 Å². The zero-order valence-corrected chi connectivity index (χ0v) is 87.2. The summed E-state index contributed by atoms with van der Waals surface area (Å²) in [7, 11) is 0. The van der Waals surface area contributed by atoms with Crippen molar-refractivity contribution in [2.24, 2.45) is 28.8 Å². The number of amides is 11. The molecule has 2 unspecified atom stereocenters. The highest BCUT2D eigenvalue weighted by Crippen LogP contribution is 2.32. The monoisotopic (exact) mass is 2030 g/mol. The average Bonchev–Trinajstić information content (AvgIpc) is 1.65. The number of halogens is 1. The molecule has 1 N–H and O–H groups in total. The molecule has 5 heterocycles. The third-order valence-corrected chi connectivity index (χ3v) is 26.0. The molecule has 8 aromatic carbocycles. The van der Waals surface area contributed by atoms with E-state index in [0.717, 1.165) is 139 Å². The molecule has 786 valence electrons. The first-order chi connectivity index (χ1) is 70.8. The smallest absolute Gasteiger partial charge is 0.417 e. The Kier molecular flexibility index (Phi) is 53.5. The Bertz CT molecular complexity index is 5300. The van der Waals surface area contributed by atoms with Gasteiger partial charge >= 0.3 is 30.5 Å². The highest BCUT2D eigenvalue weighted by atomic mass is 35.5. The van der Waals surface area contributed by atoms with E-state index in [-0.39, 0.29) is 110 Å². The van der Waals surface area contributed by atoms with Crippen LogP contribution in [-0.2, 0) is 128 Å². The Morgan fingerprint density at radius 2 is 0.658 bits per heavy atom. The highest BCUT2D eigenvalue weighted by molar-refractivity contribution is 6.63. The standard InChI is InChI=1S/C26H32N2O5.C25H32N2O4.C25H30N2O4.C18H23NO4.C16H21NO3.C6H11ClO/c1-3-4-15-24(20(2)27(19-29)33-17-22-13-9-6-10-14-22)25(30)28-23(18-32-26(28)31)16-21-11-7-5-8-12-21;2*1-3-4-15-23(19(2)26-31-17-21-13-9-6-10-14-21)24(28)27-22(18-30-25(27)29)16-20-11-7-5-8-12-20;1-3-4-10-16(13(2)20)17(21)19-15(12-23-18(19)22)11-14-8-6-5-7-9-14;1-2-3-5-10-15(18)17-14(12-20-16(17)19)11-13-8-6-4-7-9-13;1-2-3-4-5-6(7)8/h5-14,19-20,23-24H,3-4,15-18H2,1-2H3;5-14,19,22-23,26H,3-4,15-18H2,1-2H3;5-14,22-23H,3-4,15-18H2,1-2H3;5-9,15-16H,3-4,10-12H2,1-2H3;4,6-9,14H,2-3,5,10-12H2,1H3;2-5H2,1H3/t20?,23-,24+;19?,22-,23+;22-,23+;15-,16+;14-;/m00000./s1. The van der Waals surface area contributed by atoms with Crippen molar-refractivity contribution in [3.63, 3.8) is 0 Å². The number of carbonyl (C=O) groups excluding carboxylic acids is 13. The lowest BCUT2D eigenvalue weighted by molar-refractivity contribution is -0.198. The molecule has 30 heteroatoms. The zero-order chi connectivity index (χ0) is 105. The van der Waals surface area contributed by atoms with E-state index < -0.39 is 60.2 Å². The summed E-state index contributed by atoms with van der Waals surface area (Å²) in [5.74, 6) is -3.73. The van der Waals surface area contributed by atoms with E-state index >= 15 is 0 Å². The van der Waals surface area contributed by atoms with Crippen molar-refractivity contribution in [3.05, 3.63) is 287 Å². The molecule has 0 bridgehead atoms. The second-order valence-electron chi connectivity index (χ2n) is 37.1. The minimum atomic E-state index is -0.751. The topological polar surface area (TPSA) is 340 Å². The molecule has 0 spiro atoms. The fraction of sp³-hybridized carbons (Fsp3) is 0.466. The lowest BCUT2D eigenvalue weighted by atomic mass is 9.92. The molecule has 0 saturated carbocycles. The van der Waals surface area contributed by atoms with Crippen molar-refractivity contribution in [1.29, 1.82) is 0 Å². The van der Waals surface area contributed by atoms with Crippen LogP contribution in [0.1, 0.15) is 242 Å². The molecule has 13 rings (SSSR count). The number of carbonyl (C=O) groups is 13. The van der Waals surface area contributed by atoms with Gasteiger partial charge in [-0.15, -0.1) is 0 Å². The lowest BCUT2D eigenvalue weighted by Gasteiger charge is -2.33. The van der Waals surface area contributed by atoms with Crippen molar-refractivity contribution in [2.45, 2.75) is 292 Å². The summed E-state index contributed by atoms with van der Waals surface area (Å²) in [6.45, 7) is 21.3. The summed E-state index contributed by atoms with van der Waals surface area (Å²) in [4.78, 5) is 183. The van der Waals surface area contributed by atoms with Crippen molar-refractivity contribution >= 4 is 94.8 Å². The Labute approximate surface area is 866 Å². The van der Waals surface area contributed by atoms with Gasteiger partial charge in [-0.25, -0.2) is 53.5 Å². The third kappa shape index (κ3) is 39.4. The molecule has 8 aromatic rings. The number of ketones is 1. The number of hydroxylamine groups is 3. The summed E-state index contributed by atoms with van der Waals surface area (Å²) in [6, 6.07) is 75.7. The van der Waals surface area contributed by atoms with Gasteiger partial charge < -0.3 is 28.5 Å². The van der Waals surface area contributed by atoms with Crippen LogP contribution in [0.2, 0.25) is 0 Å². The number of unbranched alkanes of at least 4 members (excludes halogenated alkanes) is 8. The molecule has 146 heavy (non-hydrogen) atoms. The third-order valence-electron chi connectivity index (χ3n) is 25.8. The number of nitrogens with zero attached hydrogens (tertiary/aromatic N) is 7. The van der Waals surface area contributed by atoms with Gasteiger partial charge in [-0.1, -0.05) is 366 Å². The summed E-state index contributed by atoms with van der Waals surface area (Å²) in [5.41, 5.74) is 11.9. The molecule has 0 aliphatic carbocycles. The van der Waals surface area contributed by atoms with Gasteiger partial charge in [0.15, 0.2) is 0 Å². The van der Waals surface area contributed by atoms with E-state index in [9.17, 15) is 62.3 Å². The largest absolute Gasteiger partial charge is 0.447 e. The number of oxime groups is 1. The maximum atomic E-state index is 13.6. The van der Waals surface area contributed by atoms with Gasteiger partial charge in [-0.3, -0.25) is 48.0 Å². The van der Waals surface area contributed by atoms with Crippen LogP contribution < -0.4 is 5.48 Å². The SMILES string of the molecule is CCCCCC(=O)Cl.CCCCCC(=O)N1C(=O)OC[C@@H]1Cc1ccccc1.CCCC[C@@H](C(=O)N1C(=O)OC[C@@H]1Cc1ccccc1)C(C)=NOCc1ccccc1.CCCC[C@@H](C(=O)N1C(=O)OC[C@@H]1Cc1ccccc1)C(C)N(C=O)OCc1ccccc1.CCCC[C@@H](C(=O)N1C(=O)OC[C@@H]1Cc1ccccc1)C(C)NOCc1ccccc1.CCCC[C@H](C(C)=O)C(=O)N1C(=O)OC[C@@H]1Cc1ccccc1. The molecule has 11 atom stereocenters. The lowest BCUT2D eigenvalue weighted by Crippen LogP contribution is -2.49. The average molecular weight is 2030 g/mol. The quantitative estimate of drug-likeness (QED) is 0.00704. The Morgan fingerprint density at radius 1 is 0.370 bits per heavy atom. The summed E-state index contributed by atoms with van der Waals surface area (Å²) < 4.78 is 25.9. The minimum absolute atomic E-state index is 0.109. The second-order valence-corrected chi connectivity index (χ2v) is 37.5. The summed E-state index contributed by atoms with van der Waals surface area (Å²) in [6.07, 6.45) is 17.0. The number of imide groups is 5. The minimum Gasteiger partial charge on any atom is -0.447 e. The van der Waals surface area contributed by atoms with Crippen molar-refractivity contribution < 1.29 is 101 Å². The molecular formula is C116H149ClN8O21.